The maximum Gasteiger partial charge on any atom is 0.309 e. The molecular weight excluding hydrogens is 382 g/mol. The van der Waals surface area contributed by atoms with Gasteiger partial charge in [-0.25, -0.2) is 0 Å². The van der Waals surface area contributed by atoms with Crippen LogP contribution in [0.1, 0.15) is 96.3 Å². The molecule has 0 aromatic carbocycles. The zero-order valence-corrected chi connectivity index (χ0v) is 19.3. The van der Waals surface area contributed by atoms with Crippen LogP contribution in [0.4, 0.5) is 0 Å². The molecule has 0 amide bonds. The Labute approximate surface area is 184 Å². The monoisotopic (exact) mass is 429 g/mol. The number of aliphatic hydroxyl groups is 3. The second kappa shape index (κ2) is 16.9. The molecule has 1 aliphatic rings. The maximum absolute atomic E-state index is 12.2. The van der Waals surface area contributed by atoms with Gasteiger partial charge >= 0.3 is 5.97 Å². The van der Waals surface area contributed by atoms with E-state index in [0.717, 1.165) is 109 Å². The second-order valence-electron chi connectivity index (χ2n) is 9.20. The third-order valence-electron chi connectivity index (χ3n) is 6.43. The largest absolute Gasteiger partial charge is 0.465 e. The van der Waals surface area contributed by atoms with Crippen LogP contribution in [0, 0.1) is 5.92 Å². The lowest BCUT2D eigenvalue weighted by molar-refractivity contribution is -0.150. The summed E-state index contributed by atoms with van der Waals surface area (Å²) in [6.07, 6.45) is 13.5. The number of nitrogens with zero attached hydrogens (tertiary/aromatic N) is 1. The van der Waals surface area contributed by atoms with Crippen molar-refractivity contribution in [3.8, 4) is 0 Å². The number of aliphatic hydroxyl groups excluding tert-OH is 2. The lowest BCUT2D eigenvalue weighted by Gasteiger charge is -2.29. The van der Waals surface area contributed by atoms with Gasteiger partial charge in [-0.3, -0.25) is 4.79 Å². The van der Waals surface area contributed by atoms with Gasteiger partial charge in [0.25, 0.3) is 0 Å². The molecule has 1 heterocycles. The fraction of sp³-hybridized carbons (Fsp3) is 0.958. The third-order valence-corrected chi connectivity index (χ3v) is 6.43. The highest BCUT2D eigenvalue weighted by molar-refractivity contribution is 5.72. The number of esters is 1. The first-order chi connectivity index (χ1) is 14.5. The summed E-state index contributed by atoms with van der Waals surface area (Å²) in [6.45, 7) is 2.86. The van der Waals surface area contributed by atoms with E-state index in [9.17, 15) is 9.90 Å². The first-order valence-electron chi connectivity index (χ1n) is 12.3. The normalized spacial score (nSPS) is 16.1. The molecule has 0 spiro atoms. The Bertz CT molecular complexity index is 410. The molecule has 1 aliphatic heterocycles. The topological polar surface area (TPSA) is 90.2 Å². The van der Waals surface area contributed by atoms with Gasteiger partial charge < -0.3 is 25.0 Å². The molecular formula is C24H47NO5. The molecule has 0 atom stereocenters. The van der Waals surface area contributed by atoms with E-state index in [0.29, 0.717) is 6.61 Å². The summed E-state index contributed by atoms with van der Waals surface area (Å²) >= 11 is 0. The van der Waals surface area contributed by atoms with Crippen molar-refractivity contribution in [1.29, 1.82) is 0 Å². The van der Waals surface area contributed by atoms with Gasteiger partial charge in [0.1, 0.15) is 0 Å². The van der Waals surface area contributed by atoms with Crippen molar-refractivity contribution in [3.63, 3.8) is 0 Å². The summed E-state index contributed by atoms with van der Waals surface area (Å²) in [4.78, 5) is 14.4. The average molecular weight is 430 g/mol. The van der Waals surface area contributed by atoms with Gasteiger partial charge in [-0.15, -0.1) is 0 Å². The Hall–Kier alpha value is -0.690. The van der Waals surface area contributed by atoms with Crippen molar-refractivity contribution >= 4 is 5.97 Å². The number of unbranched alkanes of at least 4 members (excludes halogenated alkanes) is 7. The van der Waals surface area contributed by atoms with E-state index >= 15 is 0 Å². The van der Waals surface area contributed by atoms with E-state index in [2.05, 4.69) is 11.9 Å². The van der Waals surface area contributed by atoms with Crippen molar-refractivity contribution in [2.75, 3.05) is 40.0 Å². The zero-order chi connectivity index (χ0) is 22.1. The summed E-state index contributed by atoms with van der Waals surface area (Å²) in [7, 11) is 2.09. The highest BCUT2D eigenvalue weighted by Gasteiger charge is 2.26. The highest BCUT2D eigenvalue weighted by atomic mass is 16.5. The molecule has 6 nitrogen and oxygen atoms in total. The third kappa shape index (κ3) is 12.9. The summed E-state index contributed by atoms with van der Waals surface area (Å²) in [5.74, 6) is 0.00195. The fourth-order valence-corrected chi connectivity index (χ4v) is 4.30. The van der Waals surface area contributed by atoms with Crippen LogP contribution >= 0.6 is 0 Å². The number of carbonyl (C=O) groups excluding carboxylic acids is 1. The molecule has 0 aromatic heterocycles. The van der Waals surface area contributed by atoms with Gasteiger partial charge in [-0.1, -0.05) is 38.5 Å². The van der Waals surface area contributed by atoms with Crippen molar-refractivity contribution < 1.29 is 24.9 Å². The number of hydrogen-bond acceptors (Lipinski definition) is 6. The quantitative estimate of drug-likeness (QED) is 0.228. The molecule has 0 unspecified atom stereocenters. The summed E-state index contributed by atoms with van der Waals surface area (Å²) in [5.41, 5.74) is -0.642. The molecule has 178 valence electrons. The first-order valence-corrected chi connectivity index (χ1v) is 12.3. The number of ether oxygens (including phenoxy) is 1. The van der Waals surface area contributed by atoms with Gasteiger partial charge in [0.15, 0.2) is 0 Å². The van der Waals surface area contributed by atoms with Crippen LogP contribution in [0.3, 0.4) is 0 Å². The Morgan fingerprint density at radius 1 is 0.833 bits per heavy atom. The molecule has 1 fully saturated rings. The number of rotatable bonds is 18. The van der Waals surface area contributed by atoms with Gasteiger partial charge in [0, 0.05) is 13.2 Å². The van der Waals surface area contributed by atoms with Crippen molar-refractivity contribution in [2.24, 2.45) is 5.92 Å². The average Bonchev–Trinajstić information content (AvgIpc) is 2.73. The molecule has 0 saturated carbocycles. The van der Waals surface area contributed by atoms with Crippen molar-refractivity contribution in [1.82, 2.24) is 4.90 Å². The first kappa shape index (κ1) is 27.3. The molecule has 0 bridgehead atoms. The Kier molecular flexibility index (Phi) is 15.4. The zero-order valence-electron chi connectivity index (χ0n) is 19.3. The minimum atomic E-state index is -0.642. The van der Waals surface area contributed by atoms with Crippen molar-refractivity contribution in [2.45, 2.75) is 102 Å². The van der Waals surface area contributed by atoms with E-state index in [1.165, 1.54) is 0 Å². The molecule has 30 heavy (non-hydrogen) atoms. The maximum atomic E-state index is 12.2. The fourth-order valence-electron chi connectivity index (χ4n) is 4.30. The number of piperidine rings is 1. The predicted octanol–water partition coefficient (Wildman–Crippen LogP) is 3.66. The van der Waals surface area contributed by atoms with Crippen LogP contribution < -0.4 is 0 Å². The number of likely N-dealkylation sites (tertiary alicyclic amines) is 1. The summed E-state index contributed by atoms with van der Waals surface area (Å²) < 4.78 is 5.50. The molecule has 3 N–H and O–H groups in total. The van der Waals surface area contributed by atoms with E-state index in [4.69, 9.17) is 14.9 Å². The van der Waals surface area contributed by atoms with Gasteiger partial charge in [-0.2, -0.15) is 0 Å². The van der Waals surface area contributed by atoms with E-state index in [1.807, 2.05) is 0 Å². The lowest BCUT2D eigenvalue weighted by atomic mass is 9.85. The lowest BCUT2D eigenvalue weighted by Crippen LogP contribution is -2.34. The number of hydrogen-bond donors (Lipinski definition) is 3. The Morgan fingerprint density at radius 2 is 1.30 bits per heavy atom. The van der Waals surface area contributed by atoms with Crippen LogP contribution in [0.5, 0.6) is 0 Å². The van der Waals surface area contributed by atoms with Crippen molar-refractivity contribution in [3.05, 3.63) is 0 Å². The Morgan fingerprint density at radius 3 is 1.80 bits per heavy atom. The second-order valence-corrected chi connectivity index (χ2v) is 9.20. The van der Waals surface area contributed by atoms with E-state index in [1.54, 1.807) is 0 Å². The SMILES string of the molecule is CN1CCC(C(=O)OCCCCC(O)(CCCCCCO)CCCCCCO)CC1. The smallest absolute Gasteiger partial charge is 0.309 e. The molecule has 0 aromatic rings. The predicted molar refractivity (Wildman–Crippen MR) is 120 cm³/mol. The highest BCUT2D eigenvalue weighted by Crippen LogP contribution is 2.28. The molecule has 0 aliphatic carbocycles. The molecule has 0 radical (unpaired) electrons. The molecule has 1 rings (SSSR count). The molecule has 1 saturated heterocycles. The van der Waals surface area contributed by atoms with E-state index < -0.39 is 5.60 Å². The van der Waals surface area contributed by atoms with Crippen LogP contribution in [0.15, 0.2) is 0 Å². The van der Waals surface area contributed by atoms with Crippen LogP contribution in [-0.2, 0) is 9.53 Å². The number of carbonyl (C=O) groups is 1. The molecule has 6 heteroatoms. The Balaban J connectivity index is 2.26. The summed E-state index contributed by atoms with van der Waals surface area (Å²) in [5, 5.41) is 29.0. The van der Waals surface area contributed by atoms with E-state index in [-0.39, 0.29) is 25.1 Å². The van der Waals surface area contributed by atoms with Gasteiger partial charge in [-0.05, 0) is 77.9 Å². The van der Waals surface area contributed by atoms with Gasteiger partial charge in [0.2, 0.25) is 0 Å². The van der Waals surface area contributed by atoms with Crippen LogP contribution in [-0.4, -0.2) is 71.7 Å². The van der Waals surface area contributed by atoms with Crippen LogP contribution in [0.2, 0.25) is 0 Å². The van der Waals surface area contributed by atoms with Crippen LogP contribution in [0.25, 0.3) is 0 Å². The standard InChI is InChI=1S/C24H47NO5/c1-25-17-12-22(13-18-25)23(28)30-21-11-8-16-24(29,14-6-2-4-9-19-26)15-7-3-5-10-20-27/h22,26-27,29H,2-21H2,1H3. The minimum absolute atomic E-state index is 0.0499. The summed E-state index contributed by atoms with van der Waals surface area (Å²) in [6, 6.07) is 0. The minimum Gasteiger partial charge on any atom is -0.465 e. The van der Waals surface area contributed by atoms with Gasteiger partial charge in [0.05, 0.1) is 18.1 Å².